The molecule has 35 heavy (non-hydrogen) atoms. The number of fused-ring (bicyclic) bond motifs is 2. The van der Waals surface area contributed by atoms with Gasteiger partial charge in [-0.3, -0.25) is 4.79 Å². The van der Waals surface area contributed by atoms with Gasteiger partial charge in [-0.05, 0) is 37.8 Å². The van der Waals surface area contributed by atoms with Gasteiger partial charge in [0.2, 0.25) is 5.88 Å². The molecular weight excluding hydrogens is 459 g/mol. The third-order valence-electron chi connectivity index (χ3n) is 6.60. The normalized spacial score (nSPS) is 19.9. The van der Waals surface area contributed by atoms with E-state index in [1.165, 1.54) is 12.1 Å². The summed E-state index contributed by atoms with van der Waals surface area (Å²) in [6.07, 6.45) is -1.77. The monoisotopic (exact) mass is 483 g/mol. The molecule has 182 valence electrons. The molecule has 0 radical (unpaired) electrons. The summed E-state index contributed by atoms with van der Waals surface area (Å²) < 4.78 is 52.5. The third kappa shape index (κ3) is 4.00. The van der Waals surface area contributed by atoms with Gasteiger partial charge in [0, 0.05) is 24.2 Å². The molecule has 3 aliphatic rings. The first-order valence-corrected chi connectivity index (χ1v) is 11.7. The number of ketones is 1. The Hall–Kier alpha value is -3.55. The number of benzene rings is 2. The first-order valence-electron chi connectivity index (χ1n) is 11.7. The number of hydrogen-bond donors (Lipinski definition) is 0. The fourth-order valence-electron chi connectivity index (χ4n) is 5.04. The first kappa shape index (κ1) is 23.2. The van der Waals surface area contributed by atoms with E-state index in [1.807, 2.05) is 4.90 Å². The Kier molecular flexibility index (Phi) is 5.91. The summed E-state index contributed by atoms with van der Waals surface area (Å²) in [5, 5.41) is 0. The number of nitrogens with zero attached hydrogens (tertiary/aromatic N) is 1. The molecule has 1 atom stereocenters. The van der Waals surface area contributed by atoms with Crippen molar-refractivity contribution < 1.29 is 32.2 Å². The van der Waals surface area contributed by atoms with E-state index in [0.29, 0.717) is 30.0 Å². The molecule has 8 heteroatoms. The number of carbonyl (C=O) groups is 2. The van der Waals surface area contributed by atoms with E-state index in [-0.39, 0.29) is 35.0 Å². The highest BCUT2D eigenvalue weighted by Crippen LogP contribution is 2.50. The summed E-state index contributed by atoms with van der Waals surface area (Å²) in [5.74, 6) is -1.57. The van der Waals surface area contributed by atoms with Crippen LogP contribution in [0.4, 0.5) is 13.2 Å². The molecule has 5 rings (SSSR count). The Morgan fingerprint density at radius 3 is 2.46 bits per heavy atom. The topological polar surface area (TPSA) is 55.8 Å². The molecule has 0 bridgehead atoms. The molecule has 1 saturated heterocycles. The smallest absolute Gasteiger partial charge is 0.416 e. The lowest BCUT2D eigenvalue weighted by Gasteiger charge is -2.36. The summed E-state index contributed by atoms with van der Waals surface area (Å²) >= 11 is 0. The Balaban J connectivity index is 1.75. The van der Waals surface area contributed by atoms with E-state index in [1.54, 1.807) is 31.2 Å². The highest BCUT2D eigenvalue weighted by molar-refractivity contribution is 6.22. The molecule has 0 aromatic heterocycles. The molecular formula is C27H24F3NO4. The second kappa shape index (κ2) is 8.91. The lowest BCUT2D eigenvalue weighted by atomic mass is 9.81. The van der Waals surface area contributed by atoms with Crippen LogP contribution in [0.1, 0.15) is 59.2 Å². The van der Waals surface area contributed by atoms with Crippen molar-refractivity contribution >= 4 is 17.5 Å². The Labute approximate surface area is 200 Å². The molecule has 1 fully saturated rings. The summed E-state index contributed by atoms with van der Waals surface area (Å²) in [6, 6.07) is 11.7. The average Bonchev–Trinajstić information content (AvgIpc) is 3.15. The minimum Gasteiger partial charge on any atom is -0.462 e. The lowest BCUT2D eigenvalue weighted by molar-refractivity contribution is -0.139. The largest absolute Gasteiger partial charge is 0.462 e. The van der Waals surface area contributed by atoms with Crippen LogP contribution in [-0.4, -0.2) is 36.3 Å². The molecule has 0 spiro atoms. The SMILES string of the molecule is CCOC(=O)C1=C(N2CCCCC2)OC2=C(C(=O)c3ccccc32)C1c1cccc(C(F)(F)F)c1. The molecule has 2 heterocycles. The number of likely N-dealkylation sites (tertiary alicyclic amines) is 1. The number of esters is 1. The molecule has 1 unspecified atom stereocenters. The van der Waals surface area contributed by atoms with Crippen molar-refractivity contribution in [3.63, 3.8) is 0 Å². The summed E-state index contributed by atoms with van der Waals surface area (Å²) in [7, 11) is 0. The average molecular weight is 483 g/mol. The van der Waals surface area contributed by atoms with E-state index in [9.17, 15) is 22.8 Å². The van der Waals surface area contributed by atoms with Crippen molar-refractivity contribution in [2.75, 3.05) is 19.7 Å². The highest BCUT2D eigenvalue weighted by Gasteiger charge is 2.47. The van der Waals surface area contributed by atoms with Crippen LogP contribution in [0, 0.1) is 0 Å². The molecule has 0 amide bonds. The molecule has 2 aliphatic heterocycles. The van der Waals surface area contributed by atoms with Gasteiger partial charge in [0.15, 0.2) is 5.78 Å². The van der Waals surface area contributed by atoms with Crippen LogP contribution in [0.2, 0.25) is 0 Å². The van der Waals surface area contributed by atoms with Crippen molar-refractivity contribution in [1.29, 1.82) is 0 Å². The van der Waals surface area contributed by atoms with Gasteiger partial charge in [-0.15, -0.1) is 0 Å². The number of ether oxygens (including phenoxy) is 2. The summed E-state index contributed by atoms with van der Waals surface area (Å²) in [5.41, 5.74) is 0.533. The molecule has 0 N–H and O–H groups in total. The predicted octanol–water partition coefficient (Wildman–Crippen LogP) is 5.69. The number of alkyl halides is 3. The lowest BCUT2D eigenvalue weighted by Crippen LogP contribution is -2.36. The van der Waals surface area contributed by atoms with Gasteiger partial charge in [0.25, 0.3) is 0 Å². The molecule has 5 nitrogen and oxygen atoms in total. The van der Waals surface area contributed by atoms with Gasteiger partial charge in [-0.2, -0.15) is 13.2 Å². The number of piperidine rings is 1. The van der Waals surface area contributed by atoms with Gasteiger partial charge in [-0.1, -0.05) is 42.5 Å². The minimum absolute atomic E-state index is 0.0629. The maximum atomic E-state index is 13.6. The number of Topliss-reactive ketones (excluding diaryl/α,β-unsaturated/α-hetero) is 1. The zero-order valence-electron chi connectivity index (χ0n) is 19.2. The number of rotatable bonds is 4. The van der Waals surface area contributed by atoms with Crippen LogP contribution in [0.5, 0.6) is 0 Å². The van der Waals surface area contributed by atoms with Gasteiger partial charge >= 0.3 is 12.1 Å². The van der Waals surface area contributed by atoms with Crippen LogP contribution in [-0.2, 0) is 20.4 Å². The Morgan fingerprint density at radius 2 is 1.77 bits per heavy atom. The van der Waals surface area contributed by atoms with Crippen molar-refractivity contribution in [3.05, 3.63) is 87.8 Å². The van der Waals surface area contributed by atoms with Gasteiger partial charge in [0.05, 0.1) is 23.7 Å². The predicted molar refractivity (Wildman–Crippen MR) is 122 cm³/mol. The van der Waals surface area contributed by atoms with E-state index in [4.69, 9.17) is 9.47 Å². The van der Waals surface area contributed by atoms with Crippen LogP contribution in [0.3, 0.4) is 0 Å². The van der Waals surface area contributed by atoms with Crippen molar-refractivity contribution in [1.82, 2.24) is 4.90 Å². The van der Waals surface area contributed by atoms with E-state index < -0.39 is 23.6 Å². The van der Waals surface area contributed by atoms with Crippen LogP contribution in [0.25, 0.3) is 5.76 Å². The second-order valence-electron chi connectivity index (χ2n) is 8.76. The van der Waals surface area contributed by atoms with Gasteiger partial charge < -0.3 is 14.4 Å². The second-order valence-corrected chi connectivity index (χ2v) is 8.76. The van der Waals surface area contributed by atoms with E-state index >= 15 is 0 Å². The number of halogens is 3. The standard InChI is InChI=1S/C27H24F3NO4/c1-2-34-26(33)22-20(16-9-8-10-17(15-16)27(28,29)30)21-23(32)18-11-4-5-12-19(18)24(21)35-25(22)31-13-6-3-7-14-31/h4-5,8-12,15,20H,2-3,6-7,13-14H2,1H3. The van der Waals surface area contributed by atoms with Gasteiger partial charge in [-0.25, -0.2) is 4.79 Å². The van der Waals surface area contributed by atoms with Gasteiger partial charge in [0.1, 0.15) is 11.3 Å². The van der Waals surface area contributed by atoms with Crippen LogP contribution < -0.4 is 0 Å². The molecule has 1 aliphatic carbocycles. The number of hydrogen-bond acceptors (Lipinski definition) is 5. The Morgan fingerprint density at radius 1 is 1.06 bits per heavy atom. The van der Waals surface area contributed by atoms with Crippen molar-refractivity contribution in [3.8, 4) is 0 Å². The zero-order valence-corrected chi connectivity index (χ0v) is 19.2. The van der Waals surface area contributed by atoms with E-state index in [2.05, 4.69) is 0 Å². The van der Waals surface area contributed by atoms with Crippen molar-refractivity contribution in [2.24, 2.45) is 0 Å². The molecule has 0 saturated carbocycles. The summed E-state index contributed by atoms with van der Waals surface area (Å²) in [6.45, 7) is 2.99. The van der Waals surface area contributed by atoms with Crippen molar-refractivity contribution in [2.45, 2.75) is 38.3 Å². The quantitative estimate of drug-likeness (QED) is 0.523. The molecule has 2 aromatic carbocycles. The zero-order chi connectivity index (χ0) is 24.7. The first-order chi connectivity index (χ1) is 16.8. The fraction of sp³-hybridized carbons (Fsp3) is 0.333. The number of carbonyl (C=O) groups excluding carboxylic acids is 2. The fourth-order valence-corrected chi connectivity index (χ4v) is 5.04. The van der Waals surface area contributed by atoms with E-state index in [0.717, 1.165) is 31.4 Å². The van der Waals surface area contributed by atoms with Crippen LogP contribution >= 0.6 is 0 Å². The Bertz CT molecular complexity index is 1260. The highest BCUT2D eigenvalue weighted by atomic mass is 19.4. The maximum absolute atomic E-state index is 13.6. The van der Waals surface area contributed by atoms with Crippen LogP contribution in [0.15, 0.2) is 65.6 Å². The maximum Gasteiger partial charge on any atom is 0.416 e. The number of allylic oxidation sites excluding steroid dienone is 1. The summed E-state index contributed by atoms with van der Waals surface area (Å²) in [4.78, 5) is 28.8. The third-order valence-corrected chi connectivity index (χ3v) is 6.60. The molecule has 2 aromatic rings. The minimum atomic E-state index is -4.58.